The van der Waals surface area contributed by atoms with E-state index in [1.807, 2.05) is 58.0 Å². The van der Waals surface area contributed by atoms with Crippen LogP contribution in [0.1, 0.15) is 61.9 Å². The summed E-state index contributed by atoms with van der Waals surface area (Å²) in [6, 6.07) is 17.0. The number of hydrogen-bond donors (Lipinski definition) is 2. The number of carbonyl (C=O) groups excluding carboxylic acids is 1. The van der Waals surface area contributed by atoms with Gasteiger partial charge in [-0.1, -0.05) is 64.1 Å². The fourth-order valence-electron chi connectivity index (χ4n) is 3.31. The number of nitrogens with two attached hydrogens (primary N) is 1. The maximum atomic E-state index is 13.1. The molecule has 0 saturated carbocycles. The van der Waals surface area contributed by atoms with E-state index >= 15 is 0 Å². The smallest absolute Gasteiger partial charge is 0.283 e. The van der Waals surface area contributed by atoms with E-state index in [1.165, 1.54) is 18.2 Å². The minimum absolute atomic E-state index is 0.0712. The van der Waals surface area contributed by atoms with Gasteiger partial charge in [0, 0.05) is 11.1 Å². The Labute approximate surface area is 183 Å². The molecule has 1 heterocycles. The highest BCUT2D eigenvalue weighted by molar-refractivity contribution is 7.90. The molecule has 0 aliphatic rings. The lowest BCUT2D eigenvalue weighted by atomic mass is 9.92. The Morgan fingerprint density at radius 2 is 1.77 bits per heavy atom. The van der Waals surface area contributed by atoms with Crippen LogP contribution in [0.2, 0.25) is 0 Å². The molecule has 1 atom stereocenters. The van der Waals surface area contributed by atoms with Crippen LogP contribution in [0.5, 0.6) is 0 Å². The van der Waals surface area contributed by atoms with Crippen molar-refractivity contribution in [3.05, 3.63) is 77.6 Å². The van der Waals surface area contributed by atoms with Crippen molar-refractivity contribution in [2.75, 3.05) is 5.73 Å². The molecule has 0 aliphatic heterocycles. The standard InChI is InChI=1S/C23H28N4O3S/c1-5-19(16-10-7-6-8-11-16)27-20(15-21(25-27)23(2,3)4)22(28)26-31(29,30)18-13-9-12-17(24)14-18/h6-15,19H,5,24H2,1-4H3,(H,26,28). The summed E-state index contributed by atoms with van der Waals surface area (Å²) in [7, 11) is -4.09. The first-order chi connectivity index (χ1) is 14.5. The second-order valence-corrected chi connectivity index (χ2v) is 10.1. The number of nitrogen functional groups attached to an aromatic ring is 1. The van der Waals surface area contributed by atoms with Crippen LogP contribution in [-0.4, -0.2) is 24.1 Å². The minimum atomic E-state index is -4.09. The molecule has 31 heavy (non-hydrogen) atoms. The molecule has 0 saturated heterocycles. The van der Waals surface area contributed by atoms with Crippen molar-refractivity contribution in [2.24, 2.45) is 0 Å². The molecule has 0 radical (unpaired) electrons. The zero-order chi connectivity index (χ0) is 22.8. The third-order valence-corrected chi connectivity index (χ3v) is 6.33. The molecule has 0 aliphatic carbocycles. The molecule has 0 bridgehead atoms. The number of amides is 1. The van der Waals surface area contributed by atoms with Crippen LogP contribution in [0.15, 0.2) is 65.6 Å². The van der Waals surface area contributed by atoms with Gasteiger partial charge in [-0.25, -0.2) is 13.1 Å². The first kappa shape index (κ1) is 22.6. The zero-order valence-electron chi connectivity index (χ0n) is 18.2. The fraction of sp³-hybridized carbons (Fsp3) is 0.304. The van der Waals surface area contributed by atoms with Crippen LogP contribution in [-0.2, 0) is 15.4 Å². The van der Waals surface area contributed by atoms with Gasteiger partial charge in [0.25, 0.3) is 15.9 Å². The van der Waals surface area contributed by atoms with Crippen LogP contribution in [0.3, 0.4) is 0 Å². The Morgan fingerprint density at radius 1 is 1.10 bits per heavy atom. The molecule has 3 N–H and O–H groups in total. The highest BCUT2D eigenvalue weighted by atomic mass is 32.2. The van der Waals surface area contributed by atoms with Gasteiger partial charge in [0.05, 0.1) is 16.6 Å². The lowest BCUT2D eigenvalue weighted by Crippen LogP contribution is -2.33. The maximum absolute atomic E-state index is 13.1. The quantitative estimate of drug-likeness (QED) is 0.566. The molecule has 164 valence electrons. The summed E-state index contributed by atoms with van der Waals surface area (Å²) >= 11 is 0. The van der Waals surface area contributed by atoms with Gasteiger partial charge in [0.15, 0.2) is 0 Å². The number of nitrogens with zero attached hydrogens (tertiary/aromatic N) is 2. The highest BCUT2D eigenvalue weighted by Crippen LogP contribution is 2.28. The molecule has 3 rings (SSSR count). The van der Waals surface area contributed by atoms with Crippen LogP contribution < -0.4 is 10.5 Å². The number of anilines is 1. The molecule has 1 aromatic heterocycles. The topological polar surface area (TPSA) is 107 Å². The summed E-state index contributed by atoms with van der Waals surface area (Å²) in [5.41, 5.74) is 7.56. The van der Waals surface area contributed by atoms with Gasteiger partial charge in [-0.05, 0) is 36.2 Å². The normalized spacial score (nSPS) is 13.0. The van der Waals surface area contributed by atoms with E-state index in [2.05, 4.69) is 4.72 Å². The zero-order valence-corrected chi connectivity index (χ0v) is 19.0. The van der Waals surface area contributed by atoms with Gasteiger partial charge >= 0.3 is 0 Å². The van der Waals surface area contributed by atoms with Crippen molar-refractivity contribution < 1.29 is 13.2 Å². The van der Waals surface area contributed by atoms with E-state index in [0.29, 0.717) is 17.8 Å². The van der Waals surface area contributed by atoms with Crippen molar-refractivity contribution in [1.29, 1.82) is 0 Å². The monoisotopic (exact) mass is 440 g/mol. The van der Waals surface area contributed by atoms with Gasteiger partial charge in [0.2, 0.25) is 0 Å². The number of nitrogens with one attached hydrogen (secondary N) is 1. The number of carbonyl (C=O) groups is 1. The van der Waals surface area contributed by atoms with E-state index in [-0.39, 0.29) is 22.0 Å². The Bertz CT molecular complexity index is 1180. The average molecular weight is 441 g/mol. The van der Waals surface area contributed by atoms with Crippen LogP contribution in [0.25, 0.3) is 0 Å². The Kier molecular flexibility index (Phi) is 6.22. The summed E-state index contributed by atoms with van der Waals surface area (Å²) in [6.45, 7) is 7.98. The largest absolute Gasteiger partial charge is 0.399 e. The number of aromatic nitrogens is 2. The Morgan fingerprint density at radius 3 is 2.35 bits per heavy atom. The molecule has 7 nitrogen and oxygen atoms in total. The van der Waals surface area contributed by atoms with Gasteiger partial charge < -0.3 is 5.73 Å². The lowest BCUT2D eigenvalue weighted by Gasteiger charge is -2.20. The number of sulfonamides is 1. The summed E-state index contributed by atoms with van der Waals surface area (Å²) in [5.74, 6) is -0.736. The lowest BCUT2D eigenvalue weighted by molar-refractivity contribution is 0.0969. The molecular formula is C23H28N4O3S. The summed E-state index contributed by atoms with van der Waals surface area (Å²) in [4.78, 5) is 13.1. The molecule has 0 spiro atoms. The first-order valence-electron chi connectivity index (χ1n) is 10.1. The van der Waals surface area contributed by atoms with Crippen molar-refractivity contribution in [3.63, 3.8) is 0 Å². The van der Waals surface area contributed by atoms with Crippen LogP contribution in [0, 0.1) is 0 Å². The molecular weight excluding hydrogens is 412 g/mol. The number of hydrogen-bond acceptors (Lipinski definition) is 5. The average Bonchev–Trinajstić information content (AvgIpc) is 3.15. The van der Waals surface area contributed by atoms with Gasteiger partial charge in [-0.15, -0.1) is 0 Å². The van der Waals surface area contributed by atoms with E-state index in [9.17, 15) is 13.2 Å². The Hall–Kier alpha value is -3.13. The van der Waals surface area contributed by atoms with Crippen molar-refractivity contribution >= 4 is 21.6 Å². The fourth-order valence-corrected chi connectivity index (χ4v) is 4.32. The molecule has 8 heteroatoms. The molecule has 3 aromatic rings. The Balaban J connectivity index is 2.05. The second-order valence-electron chi connectivity index (χ2n) is 8.45. The van der Waals surface area contributed by atoms with E-state index in [1.54, 1.807) is 16.8 Å². The number of benzene rings is 2. The second kappa shape index (κ2) is 8.55. The predicted octanol–water partition coefficient (Wildman–Crippen LogP) is 3.88. The third kappa shape index (κ3) is 4.96. The number of rotatable bonds is 6. The van der Waals surface area contributed by atoms with Crippen LogP contribution in [0.4, 0.5) is 5.69 Å². The van der Waals surface area contributed by atoms with Crippen molar-refractivity contribution in [3.8, 4) is 0 Å². The molecule has 2 aromatic carbocycles. The SMILES string of the molecule is CCC(c1ccccc1)n1nc(C(C)(C)C)cc1C(=O)NS(=O)(=O)c1cccc(N)c1. The highest BCUT2D eigenvalue weighted by Gasteiger charge is 2.29. The van der Waals surface area contributed by atoms with E-state index in [0.717, 1.165) is 5.56 Å². The molecule has 1 amide bonds. The molecule has 1 unspecified atom stereocenters. The van der Waals surface area contributed by atoms with Crippen molar-refractivity contribution in [2.45, 2.75) is 50.5 Å². The minimum Gasteiger partial charge on any atom is -0.399 e. The van der Waals surface area contributed by atoms with Gasteiger partial charge in [0.1, 0.15) is 5.69 Å². The summed E-state index contributed by atoms with van der Waals surface area (Å²) in [6.07, 6.45) is 0.678. The van der Waals surface area contributed by atoms with E-state index in [4.69, 9.17) is 10.8 Å². The summed E-state index contributed by atoms with van der Waals surface area (Å²) in [5, 5.41) is 4.71. The van der Waals surface area contributed by atoms with Gasteiger partial charge in [-0.2, -0.15) is 5.10 Å². The molecule has 0 fully saturated rings. The van der Waals surface area contributed by atoms with Crippen molar-refractivity contribution in [1.82, 2.24) is 14.5 Å². The third-order valence-electron chi connectivity index (χ3n) is 5.00. The van der Waals surface area contributed by atoms with Gasteiger partial charge in [-0.3, -0.25) is 9.48 Å². The van der Waals surface area contributed by atoms with E-state index < -0.39 is 15.9 Å². The predicted molar refractivity (Wildman–Crippen MR) is 121 cm³/mol. The van der Waals surface area contributed by atoms with Crippen LogP contribution >= 0.6 is 0 Å². The maximum Gasteiger partial charge on any atom is 0.283 e. The summed E-state index contributed by atoms with van der Waals surface area (Å²) < 4.78 is 29.3. The first-order valence-corrected chi connectivity index (χ1v) is 11.6.